The van der Waals surface area contributed by atoms with Gasteiger partial charge in [0.2, 0.25) is 0 Å². The van der Waals surface area contributed by atoms with E-state index in [1.165, 1.54) is 0 Å². The molecule has 0 aromatic carbocycles. The van der Waals surface area contributed by atoms with E-state index in [9.17, 15) is 75.3 Å². The maximum atomic E-state index is 13.2. The molecule has 0 spiro atoms. The Bertz CT molecular complexity index is 615. The van der Waals surface area contributed by atoms with Crippen LogP contribution in [0.1, 0.15) is 0 Å². The van der Waals surface area contributed by atoms with Crippen LogP contribution >= 0.6 is 7.82 Å². The molecule has 4 nitrogen and oxygen atoms in total. The fraction of sp³-hybridized carbons (Fsp3) is 1.00. The summed E-state index contributed by atoms with van der Waals surface area (Å²) in [4.78, 5) is 10.7. The van der Waals surface area contributed by atoms with Gasteiger partial charge in [0.25, 0.3) is 7.82 Å². The highest BCUT2D eigenvalue weighted by molar-refractivity contribution is 7.45. The Balaban J connectivity index is 5.72. The Kier molecular flexibility index (Phi) is 7.70. The zero-order chi connectivity index (χ0) is 23.9. The van der Waals surface area contributed by atoms with E-state index in [0.717, 1.165) is 0 Å². The van der Waals surface area contributed by atoms with Crippen molar-refractivity contribution in [2.24, 2.45) is 0 Å². The van der Waals surface area contributed by atoms with Crippen LogP contribution in [0.15, 0.2) is 0 Å². The van der Waals surface area contributed by atoms with Gasteiger partial charge in [-0.2, -0.15) is 57.1 Å². The Hall–Kier alpha value is -0.940. The molecule has 0 aromatic rings. The summed E-state index contributed by atoms with van der Waals surface area (Å²) in [6.45, 7) is -6.38. The summed E-state index contributed by atoms with van der Waals surface area (Å²) >= 11 is 0. The minimum absolute atomic E-state index is 2.75. The van der Waals surface area contributed by atoms with Gasteiger partial charge in [-0.1, -0.05) is 0 Å². The molecule has 176 valence electrons. The maximum Gasteiger partial charge on any atom is 0.412 e. The van der Waals surface area contributed by atoms with Gasteiger partial charge < -0.3 is 13.9 Å². The molecule has 0 radical (unpaired) electrons. The van der Waals surface area contributed by atoms with Gasteiger partial charge in [-0.3, -0.25) is 4.57 Å². The molecule has 1 unspecified atom stereocenters. The van der Waals surface area contributed by atoms with Crippen molar-refractivity contribution in [3.8, 4) is 0 Å². The maximum absolute atomic E-state index is 13.2. The summed E-state index contributed by atoms with van der Waals surface area (Å²) in [5, 5.41) is 0. The molecule has 0 rings (SSSR count). The number of hydrogen-bond donors (Lipinski definition) is 0. The number of phosphoric ester groups is 1. The van der Waals surface area contributed by atoms with E-state index in [4.69, 9.17) is 0 Å². The predicted molar refractivity (Wildman–Crippen MR) is 56.3 cm³/mol. The fourth-order valence-corrected chi connectivity index (χ4v) is 1.91. The first-order chi connectivity index (χ1) is 12.4. The fourth-order valence-electron chi connectivity index (χ4n) is 1.21. The third-order valence-corrected chi connectivity index (χ3v) is 3.62. The highest BCUT2D eigenvalue weighted by Gasteiger charge is 2.87. The Morgan fingerprint density at radius 3 is 1.41 bits per heavy atom. The van der Waals surface area contributed by atoms with E-state index in [-0.39, 0.29) is 0 Å². The van der Waals surface area contributed by atoms with Crippen LogP contribution in [-0.4, -0.2) is 55.4 Å². The molecule has 0 N–H and O–H groups in total. The SMILES string of the molecule is O=P([O-])(OCC(F)(F)F)OCC(F)(F)C(F)(F)C(F)(F)C(F)(F)C(F)(F)C(F)F. The summed E-state index contributed by atoms with van der Waals surface area (Å²) in [7, 11) is -6.58. The predicted octanol–water partition coefficient (Wildman–Crippen LogP) is 4.49. The lowest BCUT2D eigenvalue weighted by Gasteiger charge is -2.39. The minimum Gasteiger partial charge on any atom is -0.756 e. The summed E-state index contributed by atoms with van der Waals surface area (Å²) < 4.78 is 205. The summed E-state index contributed by atoms with van der Waals surface area (Å²) in [6, 6.07) is 0. The quantitative estimate of drug-likeness (QED) is 0.333. The third-order valence-electron chi connectivity index (χ3n) is 2.73. The Morgan fingerprint density at radius 2 is 1.07 bits per heavy atom. The van der Waals surface area contributed by atoms with Crippen LogP contribution in [0.2, 0.25) is 0 Å². The van der Waals surface area contributed by atoms with E-state index in [2.05, 4.69) is 9.05 Å². The van der Waals surface area contributed by atoms with Crippen molar-refractivity contribution in [3.05, 3.63) is 0 Å². The second-order valence-corrected chi connectivity index (χ2v) is 6.37. The van der Waals surface area contributed by atoms with Crippen LogP contribution in [-0.2, 0) is 13.6 Å². The molecule has 0 heterocycles. The summed E-state index contributed by atoms with van der Waals surface area (Å²) in [5.74, 6) is -37.5. The van der Waals surface area contributed by atoms with E-state index < -0.39 is 63.3 Å². The molecule has 0 bridgehead atoms. The zero-order valence-corrected chi connectivity index (χ0v) is 13.6. The molecule has 0 saturated carbocycles. The number of alkyl halides is 15. The van der Waals surface area contributed by atoms with Crippen LogP contribution in [0.4, 0.5) is 65.9 Å². The third kappa shape index (κ3) is 5.61. The lowest BCUT2D eigenvalue weighted by atomic mass is 9.95. The van der Waals surface area contributed by atoms with Gasteiger partial charge in [0, 0.05) is 0 Å². The number of rotatable bonds is 10. The standard InChI is InChI=1S/C9H6F15O4P/c10-3(11)6(17,18)8(21,22)9(23,24)7(19,20)4(12,13)1-27-29(25,26)28-2-5(14,15)16/h3H,1-2H2,(H,25,26)/p-1. The van der Waals surface area contributed by atoms with Crippen molar-refractivity contribution >= 4 is 7.82 Å². The molecule has 0 fully saturated rings. The molecular weight excluding hydrogens is 488 g/mol. The average Bonchev–Trinajstić information content (AvgIpc) is 2.50. The molecule has 0 amide bonds. The summed E-state index contributed by atoms with van der Waals surface area (Å²) in [6.07, 6.45) is -11.2. The van der Waals surface area contributed by atoms with Crippen molar-refractivity contribution in [3.63, 3.8) is 0 Å². The van der Waals surface area contributed by atoms with Gasteiger partial charge in [0.1, 0.15) is 6.61 Å². The highest BCUT2D eigenvalue weighted by atomic mass is 31.2. The normalized spacial score (nSPS) is 17.6. The first kappa shape index (κ1) is 28.1. The number of halogens is 15. The van der Waals surface area contributed by atoms with Gasteiger partial charge >= 0.3 is 42.2 Å². The molecule has 0 aliphatic carbocycles. The van der Waals surface area contributed by atoms with Crippen molar-refractivity contribution in [1.29, 1.82) is 0 Å². The van der Waals surface area contributed by atoms with Crippen LogP contribution in [0.25, 0.3) is 0 Å². The smallest absolute Gasteiger partial charge is 0.412 e. The zero-order valence-electron chi connectivity index (χ0n) is 12.7. The molecule has 29 heavy (non-hydrogen) atoms. The molecule has 20 heteroatoms. The first-order valence-electron chi connectivity index (χ1n) is 6.20. The molecule has 0 aromatic heterocycles. The van der Waals surface area contributed by atoms with E-state index >= 15 is 0 Å². The minimum atomic E-state index is -7.94. The van der Waals surface area contributed by atoms with E-state index in [1.807, 2.05) is 0 Å². The number of phosphoric acid groups is 1. The van der Waals surface area contributed by atoms with Crippen molar-refractivity contribution in [2.45, 2.75) is 42.2 Å². The van der Waals surface area contributed by atoms with Gasteiger partial charge in [-0.25, -0.2) is 8.78 Å². The molecular formula is C9H5F15O4P-. The molecule has 1 atom stereocenters. The first-order valence-corrected chi connectivity index (χ1v) is 7.66. The lowest BCUT2D eigenvalue weighted by molar-refractivity contribution is -0.414. The van der Waals surface area contributed by atoms with Gasteiger partial charge in [-0.15, -0.1) is 0 Å². The molecule has 0 saturated heterocycles. The van der Waals surface area contributed by atoms with E-state index in [0.29, 0.717) is 0 Å². The Morgan fingerprint density at radius 1 is 0.690 bits per heavy atom. The monoisotopic (exact) mass is 493 g/mol. The molecule has 0 aliphatic rings. The van der Waals surface area contributed by atoms with Crippen molar-refractivity contribution in [2.75, 3.05) is 13.2 Å². The average molecular weight is 493 g/mol. The highest BCUT2D eigenvalue weighted by Crippen LogP contribution is 2.58. The molecule has 0 aliphatic heterocycles. The second kappa shape index (κ2) is 7.96. The van der Waals surface area contributed by atoms with Gasteiger partial charge in [0.15, 0.2) is 6.61 Å². The second-order valence-electron chi connectivity index (χ2n) is 4.96. The van der Waals surface area contributed by atoms with Gasteiger partial charge in [0.05, 0.1) is 0 Å². The Labute approximate surface area is 149 Å². The summed E-state index contributed by atoms with van der Waals surface area (Å²) in [5.41, 5.74) is 0. The lowest BCUT2D eigenvalue weighted by Crippen LogP contribution is -2.69. The topological polar surface area (TPSA) is 58.6 Å². The largest absolute Gasteiger partial charge is 0.756 e. The van der Waals surface area contributed by atoms with Crippen molar-refractivity contribution < 1.29 is 84.4 Å². The van der Waals surface area contributed by atoms with Crippen molar-refractivity contribution in [1.82, 2.24) is 0 Å². The van der Waals surface area contributed by atoms with E-state index in [1.54, 1.807) is 0 Å². The van der Waals surface area contributed by atoms with Crippen LogP contribution in [0, 0.1) is 0 Å². The van der Waals surface area contributed by atoms with Gasteiger partial charge in [-0.05, 0) is 0 Å². The van der Waals surface area contributed by atoms with Crippen LogP contribution in [0.3, 0.4) is 0 Å². The van der Waals surface area contributed by atoms with Crippen LogP contribution < -0.4 is 4.89 Å². The number of hydrogen-bond acceptors (Lipinski definition) is 4. The van der Waals surface area contributed by atoms with Crippen LogP contribution in [0.5, 0.6) is 0 Å².